The molecule has 1 aromatic carbocycles. The number of amides is 1. The SMILES string of the molecule is CCC(C)(O)CC(=O)N1CCN(c2ccc(S(=O)(=O)Nc3nccs3)cc2)CC1.[HH]. The van der Waals surface area contributed by atoms with Crippen molar-refractivity contribution in [3.8, 4) is 0 Å². The molecule has 0 saturated carbocycles. The van der Waals surface area contributed by atoms with Gasteiger partial charge in [-0.2, -0.15) is 0 Å². The number of carbonyl (C=O) groups excluding carboxylic acids is 1. The Balaban J connectivity index is 0.00000320. The van der Waals surface area contributed by atoms with Gasteiger partial charge in [0.2, 0.25) is 5.91 Å². The molecule has 0 bridgehead atoms. The van der Waals surface area contributed by atoms with Crippen LogP contribution in [0.2, 0.25) is 0 Å². The van der Waals surface area contributed by atoms with Crippen LogP contribution in [0, 0.1) is 0 Å². The van der Waals surface area contributed by atoms with Crippen molar-refractivity contribution in [1.82, 2.24) is 9.88 Å². The number of nitrogens with zero attached hydrogens (tertiary/aromatic N) is 3. The molecule has 10 heteroatoms. The number of hydrogen-bond donors (Lipinski definition) is 2. The monoisotopic (exact) mass is 440 g/mol. The predicted molar refractivity (Wildman–Crippen MR) is 116 cm³/mol. The number of sulfonamides is 1. The van der Waals surface area contributed by atoms with Gasteiger partial charge in [0.25, 0.3) is 10.0 Å². The molecule has 0 aliphatic carbocycles. The van der Waals surface area contributed by atoms with E-state index >= 15 is 0 Å². The van der Waals surface area contributed by atoms with Gasteiger partial charge in [-0.1, -0.05) is 6.92 Å². The third kappa shape index (κ3) is 5.46. The minimum Gasteiger partial charge on any atom is -0.390 e. The summed E-state index contributed by atoms with van der Waals surface area (Å²) in [4.78, 5) is 20.4. The zero-order chi connectivity index (χ0) is 21.1. The average Bonchev–Trinajstić information content (AvgIpc) is 3.20. The number of nitrogens with one attached hydrogen (secondary N) is 1. The number of hydrogen-bond acceptors (Lipinski definition) is 7. The number of thiazole rings is 1. The van der Waals surface area contributed by atoms with Crippen LogP contribution in [-0.4, -0.2) is 61.1 Å². The van der Waals surface area contributed by atoms with E-state index in [1.165, 1.54) is 11.3 Å². The lowest BCUT2D eigenvalue weighted by atomic mass is 9.98. The van der Waals surface area contributed by atoms with Crippen LogP contribution in [-0.2, 0) is 14.8 Å². The molecule has 1 atom stereocenters. The number of aliphatic hydroxyl groups is 1. The van der Waals surface area contributed by atoms with Gasteiger partial charge in [-0.15, -0.1) is 11.3 Å². The molecule has 1 aromatic heterocycles. The Labute approximate surface area is 176 Å². The quantitative estimate of drug-likeness (QED) is 0.685. The summed E-state index contributed by atoms with van der Waals surface area (Å²) >= 11 is 1.22. The number of carbonyl (C=O) groups is 1. The Morgan fingerprint density at radius 1 is 1.28 bits per heavy atom. The zero-order valence-electron chi connectivity index (χ0n) is 16.5. The van der Waals surface area contributed by atoms with Gasteiger partial charge < -0.3 is 14.9 Å². The second-order valence-corrected chi connectivity index (χ2v) is 9.91. The molecule has 2 aromatic rings. The molecule has 2 heterocycles. The molecule has 1 amide bonds. The number of anilines is 2. The lowest BCUT2D eigenvalue weighted by Crippen LogP contribution is -2.50. The fourth-order valence-electron chi connectivity index (χ4n) is 3.06. The Hall–Kier alpha value is -2.17. The van der Waals surface area contributed by atoms with Gasteiger partial charge in [0, 0.05) is 44.9 Å². The molecule has 0 spiro atoms. The van der Waals surface area contributed by atoms with Gasteiger partial charge in [0.15, 0.2) is 5.13 Å². The fraction of sp³-hybridized carbons (Fsp3) is 0.474. The van der Waals surface area contributed by atoms with Gasteiger partial charge >= 0.3 is 0 Å². The molecule has 8 nitrogen and oxygen atoms in total. The van der Waals surface area contributed by atoms with Crippen molar-refractivity contribution < 1.29 is 19.7 Å². The molecular weight excluding hydrogens is 412 g/mol. The van der Waals surface area contributed by atoms with E-state index in [1.54, 1.807) is 47.7 Å². The molecule has 3 rings (SSSR count). The highest BCUT2D eigenvalue weighted by Crippen LogP contribution is 2.23. The smallest absolute Gasteiger partial charge is 0.263 e. The van der Waals surface area contributed by atoms with Crippen molar-refractivity contribution in [3.63, 3.8) is 0 Å². The first-order valence-corrected chi connectivity index (χ1v) is 11.8. The molecule has 1 saturated heterocycles. The number of benzene rings is 1. The van der Waals surface area contributed by atoms with E-state index in [9.17, 15) is 18.3 Å². The highest BCUT2D eigenvalue weighted by atomic mass is 32.2. The maximum atomic E-state index is 12.4. The van der Waals surface area contributed by atoms with Gasteiger partial charge in [-0.25, -0.2) is 13.4 Å². The summed E-state index contributed by atoms with van der Waals surface area (Å²) in [7, 11) is -3.67. The number of aromatic nitrogens is 1. The fourth-order valence-corrected chi connectivity index (χ4v) is 4.85. The van der Waals surface area contributed by atoms with Crippen molar-refractivity contribution in [2.45, 2.75) is 37.2 Å². The van der Waals surface area contributed by atoms with Crippen molar-refractivity contribution in [1.29, 1.82) is 0 Å². The minimum atomic E-state index is -3.67. The summed E-state index contributed by atoms with van der Waals surface area (Å²) in [6, 6.07) is 6.69. The van der Waals surface area contributed by atoms with Crippen LogP contribution in [0.25, 0.3) is 0 Å². The Morgan fingerprint density at radius 3 is 2.48 bits per heavy atom. The van der Waals surface area contributed by atoms with Gasteiger partial charge in [0.1, 0.15) is 0 Å². The van der Waals surface area contributed by atoms with E-state index in [0.717, 1.165) is 5.69 Å². The second kappa shape index (κ2) is 8.68. The van der Waals surface area contributed by atoms with Gasteiger partial charge in [0.05, 0.1) is 16.9 Å². The average molecular weight is 441 g/mol. The standard InChI is InChI=1S/C19H26N4O4S2.H2/c1-3-19(2,25)14-17(24)23-11-9-22(10-12-23)15-4-6-16(7-5-15)29(26,27)21-18-20-8-13-28-18;/h4-8,13,25H,3,9-12,14H2,1-2H3,(H,20,21);1H. The van der Waals surface area contributed by atoms with Crippen LogP contribution < -0.4 is 9.62 Å². The topological polar surface area (TPSA) is 103 Å². The molecule has 0 radical (unpaired) electrons. The van der Waals surface area contributed by atoms with E-state index < -0.39 is 15.6 Å². The number of piperazine rings is 1. The van der Waals surface area contributed by atoms with Crippen LogP contribution in [0.4, 0.5) is 10.8 Å². The first-order valence-electron chi connectivity index (χ1n) is 9.48. The Kier molecular flexibility index (Phi) is 6.45. The second-order valence-electron chi connectivity index (χ2n) is 7.33. The largest absolute Gasteiger partial charge is 0.390 e. The van der Waals surface area contributed by atoms with Gasteiger partial charge in [-0.05, 0) is 37.6 Å². The maximum Gasteiger partial charge on any atom is 0.263 e. The maximum absolute atomic E-state index is 12.4. The molecule has 1 unspecified atom stereocenters. The normalized spacial score (nSPS) is 17.1. The summed E-state index contributed by atoms with van der Waals surface area (Å²) in [6.07, 6.45) is 2.20. The third-order valence-corrected chi connectivity index (χ3v) is 7.26. The molecule has 160 valence electrons. The van der Waals surface area contributed by atoms with Crippen molar-refractivity contribution in [3.05, 3.63) is 35.8 Å². The molecule has 1 fully saturated rings. The minimum absolute atomic E-state index is 0. The highest BCUT2D eigenvalue weighted by Gasteiger charge is 2.28. The Morgan fingerprint density at radius 2 is 1.93 bits per heavy atom. The van der Waals surface area contributed by atoms with Crippen LogP contribution in [0.5, 0.6) is 0 Å². The van der Waals surface area contributed by atoms with Gasteiger partial charge in [-0.3, -0.25) is 9.52 Å². The first-order chi connectivity index (χ1) is 13.7. The predicted octanol–water partition coefficient (Wildman–Crippen LogP) is 2.39. The summed E-state index contributed by atoms with van der Waals surface area (Å²) < 4.78 is 27.3. The summed E-state index contributed by atoms with van der Waals surface area (Å²) in [6.45, 7) is 6.00. The van der Waals surface area contributed by atoms with E-state index in [-0.39, 0.29) is 18.7 Å². The van der Waals surface area contributed by atoms with E-state index in [0.29, 0.717) is 37.7 Å². The molecule has 1 aliphatic heterocycles. The van der Waals surface area contributed by atoms with Crippen LogP contribution >= 0.6 is 11.3 Å². The van der Waals surface area contributed by atoms with E-state index in [4.69, 9.17) is 0 Å². The molecular formula is C19H28N4O4S2. The van der Waals surface area contributed by atoms with Crippen molar-refractivity contribution in [2.75, 3.05) is 35.8 Å². The lowest BCUT2D eigenvalue weighted by Gasteiger charge is -2.37. The highest BCUT2D eigenvalue weighted by molar-refractivity contribution is 7.93. The third-order valence-electron chi connectivity index (χ3n) is 5.09. The van der Waals surface area contributed by atoms with Crippen LogP contribution in [0.15, 0.2) is 40.7 Å². The van der Waals surface area contributed by atoms with Crippen molar-refractivity contribution >= 4 is 38.1 Å². The molecule has 2 N–H and O–H groups in total. The van der Waals surface area contributed by atoms with Crippen molar-refractivity contribution in [2.24, 2.45) is 0 Å². The van der Waals surface area contributed by atoms with E-state index in [2.05, 4.69) is 14.6 Å². The van der Waals surface area contributed by atoms with E-state index in [1.807, 2.05) is 6.92 Å². The summed E-state index contributed by atoms with van der Waals surface area (Å²) in [5, 5.41) is 12.1. The number of rotatable bonds is 7. The lowest BCUT2D eigenvalue weighted by molar-refractivity contribution is -0.136. The Bertz CT molecular complexity index is 926. The summed E-state index contributed by atoms with van der Waals surface area (Å²) in [5.74, 6) is -0.0359. The summed E-state index contributed by atoms with van der Waals surface area (Å²) in [5.41, 5.74) is -0.0618. The zero-order valence-corrected chi connectivity index (χ0v) is 18.2. The first kappa shape index (κ1) is 21.5. The van der Waals surface area contributed by atoms with Crippen LogP contribution in [0.1, 0.15) is 28.1 Å². The van der Waals surface area contributed by atoms with Crippen LogP contribution in [0.3, 0.4) is 0 Å². The molecule has 29 heavy (non-hydrogen) atoms. The molecule has 1 aliphatic rings.